The fraction of sp³-hybridized carbons (Fsp3) is 0.579. The first-order chi connectivity index (χ1) is 11.9. The van der Waals surface area contributed by atoms with E-state index in [0.29, 0.717) is 12.5 Å². The minimum absolute atomic E-state index is 0.0627. The summed E-state index contributed by atoms with van der Waals surface area (Å²) in [5, 5.41) is 12.0. The second kappa shape index (κ2) is 7.24. The van der Waals surface area contributed by atoms with Crippen molar-refractivity contribution in [2.24, 2.45) is 11.3 Å². The minimum atomic E-state index is 0.0627. The van der Waals surface area contributed by atoms with Crippen molar-refractivity contribution >= 4 is 28.5 Å². The molecule has 6 heteroatoms. The number of H-pyrrole nitrogens is 1. The van der Waals surface area contributed by atoms with Crippen molar-refractivity contribution in [3.05, 3.63) is 28.9 Å². The number of nitrogens with one attached hydrogen (secondary N) is 2. The van der Waals surface area contributed by atoms with Gasteiger partial charge in [-0.25, -0.2) is 4.79 Å². The SMILES string of the molecule is CCNC(=O)N1CCC(C(C)(C)Cc2cc(Cl)cc3cn[nH]c23)CC1. The first-order valence-electron chi connectivity index (χ1n) is 9.05. The van der Waals surface area contributed by atoms with Crippen LogP contribution in [0.4, 0.5) is 4.79 Å². The lowest BCUT2D eigenvalue weighted by atomic mass is 9.70. The molecule has 1 aliphatic heterocycles. The molecule has 1 aromatic heterocycles. The zero-order chi connectivity index (χ0) is 18.0. The van der Waals surface area contributed by atoms with Gasteiger partial charge in [-0.2, -0.15) is 5.10 Å². The predicted octanol–water partition coefficient (Wildman–Crippen LogP) is 4.23. The second-order valence-corrected chi connectivity index (χ2v) is 8.10. The van der Waals surface area contributed by atoms with E-state index in [0.717, 1.165) is 48.3 Å². The summed E-state index contributed by atoms with van der Waals surface area (Å²) in [6.07, 6.45) is 4.84. The Kier molecular flexibility index (Phi) is 5.23. The van der Waals surface area contributed by atoms with Crippen molar-refractivity contribution in [2.75, 3.05) is 19.6 Å². The lowest BCUT2D eigenvalue weighted by molar-refractivity contribution is 0.111. The maximum Gasteiger partial charge on any atom is 0.317 e. The molecule has 0 bridgehead atoms. The number of hydrogen-bond acceptors (Lipinski definition) is 2. The molecule has 0 radical (unpaired) electrons. The number of rotatable bonds is 4. The summed E-state index contributed by atoms with van der Waals surface area (Å²) in [6.45, 7) is 8.93. The number of halogens is 1. The molecule has 5 nitrogen and oxygen atoms in total. The van der Waals surface area contributed by atoms with Gasteiger partial charge < -0.3 is 10.2 Å². The number of aromatic amines is 1. The van der Waals surface area contributed by atoms with Gasteiger partial charge in [-0.1, -0.05) is 25.4 Å². The third kappa shape index (κ3) is 3.92. The number of piperidine rings is 1. The molecule has 2 N–H and O–H groups in total. The van der Waals surface area contributed by atoms with Crippen molar-refractivity contribution in [3.63, 3.8) is 0 Å². The molecule has 1 saturated heterocycles. The number of amides is 2. The summed E-state index contributed by atoms with van der Waals surface area (Å²) in [6, 6.07) is 4.06. The predicted molar refractivity (Wildman–Crippen MR) is 102 cm³/mol. The number of fused-ring (bicyclic) bond motifs is 1. The van der Waals surface area contributed by atoms with Gasteiger partial charge in [-0.3, -0.25) is 5.10 Å². The minimum Gasteiger partial charge on any atom is -0.338 e. The summed E-state index contributed by atoms with van der Waals surface area (Å²) >= 11 is 6.29. The number of urea groups is 1. The van der Waals surface area contributed by atoms with Crippen molar-refractivity contribution in [2.45, 2.75) is 40.0 Å². The van der Waals surface area contributed by atoms with Crippen LogP contribution in [0.25, 0.3) is 10.9 Å². The molecule has 3 rings (SSSR count). The molecule has 1 aromatic carbocycles. The van der Waals surface area contributed by atoms with Crippen molar-refractivity contribution in [3.8, 4) is 0 Å². The van der Waals surface area contributed by atoms with Crippen LogP contribution in [0.5, 0.6) is 0 Å². The number of carbonyl (C=O) groups excluding carboxylic acids is 1. The molecule has 1 aliphatic rings. The van der Waals surface area contributed by atoms with Crippen molar-refractivity contribution in [1.82, 2.24) is 20.4 Å². The summed E-state index contributed by atoms with van der Waals surface area (Å²) in [4.78, 5) is 13.9. The molecule has 0 saturated carbocycles. The van der Waals surface area contributed by atoms with Gasteiger partial charge in [0.1, 0.15) is 0 Å². The number of likely N-dealkylation sites (tertiary alicyclic amines) is 1. The van der Waals surface area contributed by atoms with Crippen LogP contribution in [0.3, 0.4) is 0 Å². The zero-order valence-corrected chi connectivity index (χ0v) is 16.0. The third-order valence-electron chi connectivity index (χ3n) is 5.46. The Balaban J connectivity index is 1.70. The Morgan fingerprint density at radius 3 is 2.80 bits per heavy atom. The fourth-order valence-corrected chi connectivity index (χ4v) is 4.24. The highest BCUT2D eigenvalue weighted by molar-refractivity contribution is 6.31. The molecule has 136 valence electrons. The van der Waals surface area contributed by atoms with E-state index >= 15 is 0 Å². The molecular formula is C19H27ClN4O. The summed E-state index contributed by atoms with van der Waals surface area (Å²) in [7, 11) is 0. The van der Waals surface area contributed by atoms with Gasteiger partial charge in [0.2, 0.25) is 0 Å². The number of aromatic nitrogens is 2. The second-order valence-electron chi connectivity index (χ2n) is 7.66. The van der Waals surface area contributed by atoms with Crippen LogP contribution < -0.4 is 5.32 Å². The Labute approximate surface area is 154 Å². The van der Waals surface area contributed by atoms with E-state index in [2.05, 4.69) is 29.4 Å². The topological polar surface area (TPSA) is 61.0 Å². The van der Waals surface area contributed by atoms with Crippen LogP contribution in [-0.4, -0.2) is 40.8 Å². The molecular weight excluding hydrogens is 336 g/mol. The standard InChI is InChI=1S/C19H27ClN4O/c1-4-21-18(25)24-7-5-15(6-8-24)19(2,3)11-13-9-16(20)10-14-12-22-23-17(13)14/h9-10,12,15H,4-8,11H2,1-3H3,(H,21,25)(H,22,23). The molecule has 2 amide bonds. The summed E-state index contributed by atoms with van der Waals surface area (Å²) < 4.78 is 0. The highest BCUT2D eigenvalue weighted by Gasteiger charge is 2.34. The van der Waals surface area contributed by atoms with E-state index < -0.39 is 0 Å². The quantitative estimate of drug-likeness (QED) is 0.855. The van der Waals surface area contributed by atoms with E-state index in [9.17, 15) is 4.79 Å². The van der Waals surface area contributed by atoms with Crippen LogP contribution in [0, 0.1) is 11.3 Å². The van der Waals surface area contributed by atoms with Gasteiger partial charge in [0.15, 0.2) is 0 Å². The van der Waals surface area contributed by atoms with E-state index in [1.54, 1.807) is 0 Å². The smallest absolute Gasteiger partial charge is 0.317 e. The highest BCUT2D eigenvalue weighted by Crippen LogP contribution is 2.39. The molecule has 0 atom stereocenters. The van der Waals surface area contributed by atoms with Gasteiger partial charge in [-0.05, 0) is 55.2 Å². The monoisotopic (exact) mass is 362 g/mol. The third-order valence-corrected chi connectivity index (χ3v) is 5.67. The van der Waals surface area contributed by atoms with E-state index in [-0.39, 0.29) is 11.4 Å². The Hall–Kier alpha value is -1.75. The Bertz CT molecular complexity index is 747. The summed E-state index contributed by atoms with van der Waals surface area (Å²) in [5.41, 5.74) is 2.43. The maximum absolute atomic E-state index is 12.0. The maximum atomic E-state index is 12.0. The van der Waals surface area contributed by atoms with E-state index in [1.807, 2.05) is 30.2 Å². The highest BCUT2D eigenvalue weighted by atomic mass is 35.5. The van der Waals surface area contributed by atoms with Gasteiger partial charge in [0.25, 0.3) is 0 Å². The molecule has 0 unspecified atom stereocenters. The van der Waals surface area contributed by atoms with Gasteiger partial charge in [0, 0.05) is 30.0 Å². The number of benzene rings is 1. The largest absolute Gasteiger partial charge is 0.338 e. The van der Waals surface area contributed by atoms with Crippen molar-refractivity contribution in [1.29, 1.82) is 0 Å². The van der Waals surface area contributed by atoms with Crippen LogP contribution >= 0.6 is 11.6 Å². The van der Waals surface area contributed by atoms with Gasteiger partial charge >= 0.3 is 6.03 Å². The van der Waals surface area contributed by atoms with E-state index in [1.165, 1.54) is 5.56 Å². The number of nitrogens with zero attached hydrogens (tertiary/aromatic N) is 2. The molecule has 0 spiro atoms. The molecule has 25 heavy (non-hydrogen) atoms. The fourth-order valence-electron chi connectivity index (χ4n) is 3.99. The number of hydrogen-bond donors (Lipinski definition) is 2. The summed E-state index contributed by atoms with van der Waals surface area (Å²) in [5.74, 6) is 0.579. The van der Waals surface area contributed by atoms with Gasteiger partial charge in [-0.15, -0.1) is 0 Å². The van der Waals surface area contributed by atoms with Gasteiger partial charge in [0.05, 0.1) is 11.7 Å². The van der Waals surface area contributed by atoms with Crippen molar-refractivity contribution < 1.29 is 4.79 Å². The zero-order valence-electron chi connectivity index (χ0n) is 15.2. The van der Waals surface area contributed by atoms with Crippen LogP contribution in [0.1, 0.15) is 39.2 Å². The Morgan fingerprint density at radius 2 is 2.12 bits per heavy atom. The molecule has 0 aliphatic carbocycles. The van der Waals surface area contributed by atoms with Crippen LogP contribution in [0.15, 0.2) is 18.3 Å². The average molecular weight is 363 g/mol. The lowest BCUT2D eigenvalue weighted by Crippen LogP contribution is -2.46. The van der Waals surface area contributed by atoms with Crippen LogP contribution in [0.2, 0.25) is 5.02 Å². The average Bonchev–Trinajstić information content (AvgIpc) is 3.03. The van der Waals surface area contributed by atoms with E-state index in [4.69, 9.17) is 11.6 Å². The first-order valence-corrected chi connectivity index (χ1v) is 9.43. The number of carbonyl (C=O) groups is 1. The first kappa shape index (κ1) is 18.1. The molecule has 1 fully saturated rings. The Morgan fingerprint density at radius 1 is 1.40 bits per heavy atom. The lowest BCUT2D eigenvalue weighted by Gasteiger charge is -2.41. The normalized spacial score (nSPS) is 16.4. The molecule has 2 aromatic rings. The van der Waals surface area contributed by atoms with Crippen LogP contribution in [-0.2, 0) is 6.42 Å². The molecule has 2 heterocycles.